The number of ether oxygens (including phenoxy) is 2. The molecule has 0 aromatic carbocycles. The van der Waals surface area contributed by atoms with Crippen LogP contribution in [0.4, 0.5) is 0 Å². The molecular weight excluding hydrogens is 212 g/mol. The molecule has 0 aromatic rings. The molecule has 2 nitrogen and oxygen atoms in total. The second-order valence-electron chi connectivity index (χ2n) is 7.29. The maximum absolute atomic E-state index is 5.62. The van der Waals surface area contributed by atoms with Crippen LogP contribution in [-0.4, -0.2) is 26.4 Å². The first kappa shape index (κ1) is 16.9. The Morgan fingerprint density at radius 2 is 0.941 bits per heavy atom. The molecule has 0 radical (unpaired) electrons. The zero-order chi connectivity index (χ0) is 13.4. The molecule has 0 heterocycles. The summed E-state index contributed by atoms with van der Waals surface area (Å²) >= 11 is 0. The highest BCUT2D eigenvalue weighted by Gasteiger charge is 2.10. The standard InChI is InChI=1S/C15H32O2/c1-14(2,3)12-16-10-8-7-9-11-17-13-15(4,5)6/h7-13H2,1-6H3. The molecule has 0 saturated carbocycles. The lowest BCUT2D eigenvalue weighted by Gasteiger charge is -2.18. The molecule has 17 heavy (non-hydrogen) atoms. The molecule has 0 N–H and O–H groups in total. The van der Waals surface area contributed by atoms with Crippen LogP contribution in [-0.2, 0) is 9.47 Å². The molecule has 0 spiro atoms. The molecule has 104 valence electrons. The highest BCUT2D eigenvalue weighted by Crippen LogP contribution is 2.14. The van der Waals surface area contributed by atoms with Crippen LogP contribution >= 0.6 is 0 Å². The molecule has 0 aliphatic carbocycles. The van der Waals surface area contributed by atoms with E-state index in [-0.39, 0.29) is 10.8 Å². The van der Waals surface area contributed by atoms with Crippen molar-refractivity contribution in [2.24, 2.45) is 10.8 Å². The van der Waals surface area contributed by atoms with E-state index in [9.17, 15) is 0 Å². The van der Waals surface area contributed by atoms with E-state index < -0.39 is 0 Å². The van der Waals surface area contributed by atoms with E-state index in [2.05, 4.69) is 41.5 Å². The second-order valence-corrected chi connectivity index (χ2v) is 7.29. The highest BCUT2D eigenvalue weighted by atomic mass is 16.5. The first-order valence-electron chi connectivity index (χ1n) is 6.86. The van der Waals surface area contributed by atoms with Crippen molar-refractivity contribution < 1.29 is 9.47 Å². The zero-order valence-electron chi connectivity index (χ0n) is 12.8. The Labute approximate surface area is 108 Å². The summed E-state index contributed by atoms with van der Waals surface area (Å²) in [6, 6.07) is 0. The van der Waals surface area contributed by atoms with Crippen molar-refractivity contribution in [1.29, 1.82) is 0 Å². The van der Waals surface area contributed by atoms with Gasteiger partial charge in [0.2, 0.25) is 0 Å². The lowest BCUT2D eigenvalue weighted by Crippen LogP contribution is -2.15. The van der Waals surface area contributed by atoms with Crippen LogP contribution in [0.2, 0.25) is 0 Å². The molecule has 0 unspecified atom stereocenters. The van der Waals surface area contributed by atoms with Gasteiger partial charge in [0.15, 0.2) is 0 Å². The monoisotopic (exact) mass is 244 g/mol. The number of unbranched alkanes of at least 4 members (excludes halogenated alkanes) is 2. The highest BCUT2D eigenvalue weighted by molar-refractivity contribution is 4.59. The third-order valence-electron chi connectivity index (χ3n) is 2.15. The topological polar surface area (TPSA) is 18.5 Å². The summed E-state index contributed by atoms with van der Waals surface area (Å²) in [5.74, 6) is 0. The van der Waals surface area contributed by atoms with Crippen LogP contribution in [0.15, 0.2) is 0 Å². The summed E-state index contributed by atoms with van der Waals surface area (Å²) in [4.78, 5) is 0. The molecule has 0 aliphatic heterocycles. The molecule has 0 atom stereocenters. The van der Waals surface area contributed by atoms with Crippen LogP contribution in [0.1, 0.15) is 60.8 Å². The average molecular weight is 244 g/mol. The predicted octanol–water partition coefficient (Wildman–Crippen LogP) is 4.28. The van der Waals surface area contributed by atoms with Gasteiger partial charge in [0.25, 0.3) is 0 Å². The summed E-state index contributed by atoms with van der Waals surface area (Å²) in [7, 11) is 0. The van der Waals surface area contributed by atoms with Crippen LogP contribution in [0, 0.1) is 10.8 Å². The molecule has 0 aromatic heterocycles. The fourth-order valence-electron chi connectivity index (χ4n) is 1.34. The maximum Gasteiger partial charge on any atom is 0.0514 e. The second kappa shape index (κ2) is 8.10. The molecule has 2 heteroatoms. The van der Waals surface area contributed by atoms with Gasteiger partial charge in [-0.3, -0.25) is 0 Å². The Morgan fingerprint density at radius 1 is 0.588 bits per heavy atom. The Balaban J connectivity index is 3.15. The van der Waals surface area contributed by atoms with Gasteiger partial charge in [-0.2, -0.15) is 0 Å². The molecule has 0 rings (SSSR count). The quantitative estimate of drug-likeness (QED) is 0.593. The minimum absolute atomic E-state index is 0.288. The van der Waals surface area contributed by atoms with Gasteiger partial charge in [0.05, 0.1) is 13.2 Å². The van der Waals surface area contributed by atoms with E-state index in [1.807, 2.05) is 0 Å². The maximum atomic E-state index is 5.62. The van der Waals surface area contributed by atoms with E-state index in [4.69, 9.17) is 9.47 Å². The zero-order valence-corrected chi connectivity index (χ0v) is 12.8. The Hall–Kier alpha value is -0.0800. The van der Waals surface area contributed by atoms with Crippen molar-refractivity contribution in [3.05, 3.63) is 0 Å². The lowest BCUT2D eigenvalue weighted by molar-refractivity contribution is 0.0578. The van der Waals surface area contributed by atoms with Crippen LogP contribution < -0.4 is 0 Å². The van der Waals surface area contributed by atoms with E-state index in [0.29, 0.717) is 0 Å². The lowest BCUT2D eigenvalue weighted by atomic mass is 9.99. The molecule has 0 amide bonds. The largest absolute Gasteiger partial charge is 0.381 e. The van der Waals surface area contributed by atoms with Gasteiger partial charge in [-0.25, -0.2) is 0 Å². The SMILES string of the molecule is CC(C)(C)COCCCCCOCC(C)(C)C. The fraction of sp³-hybridized carbons (Fsp3) is 1.00. The van der Waals surface area contributed by atoms with Gasteiger partial charge in [0, 0.05) is 13.2 Å². The Kier molecular flexibility index (Phi) is 8.06. The van der Waals surface area contributed by atoms with Crippen molar-refractivity contribution in [3.8, 4) is 0 Å². The first-order chi connectivity index (χ1) is 7.71. The molecular formula is C15H32O2. The summed E-state index contributed by atoms with van der Waals surface area (Å²) in [6.45, 7) is 16.7. The van der Waals surface area contributed by atoms with E-state index in [1.165, 1.54) is 6.42 Å². The summed E-state index contributed by atoms with van der Waals surface area (Å²) < 4.78 is 11.2. The minimum Gasteiger partial charge on any atom is -0.381 e. The van der Waals surface area contributed by atoms with Gasteiger partial charge in [0.1, 0.15) is 0 Å². The smallest absolute Gasteiger partial charge is 0.0514 e. The third-order valence-corrected chi connectivity index (χ3v) is 2.15. The van der Waals surface area contributed by atoms with Crippen LogP contribution in [0.25, 0.3) is 0 Å². The molecule has 0 fully saturated rings. The number of hydrogen-bond donors (Lipinski definition) is 0. The summed E-state index contributed by atoms with van der Waals surface area (Å²) in [5, 5.41) is 0. The Bertz CT molecular complexity index is 154. The molecule has 0 aliphatic rings. The Morgan fingerprint density at radius 3 is 1.24 bits per heavy atom. The predicted molar refractivity (Wildman–Crippen MR) is 74.4 cm³/mol. The van der Waals surface area contributed by atoms with Gasteiger partial charge >= 0.3 is 0 Å². The van der Waals surface area contributed by atoms with Gasteiger partial charge in [-0.1, -0.05) is 41.5 Å². The van der Waals surface area contributed by atoms with Gasteiger partial charge in [-0.05, 0) is 30.1 Å². The van der Waals surface area contributed by atoms with Crippen LogP contribution in [0.5, 0.6) is 0 Å². The first-order valence-corrected chi connectivity index (χ1v) is 6.86. The summed E-state index contributed by atoms with van der Waals surface area (Å²) in [6.07, 6.45) is 3.50. The normalized spacial score (nSPS) is 13.1. The minimum atomic E-state index is 0.288. The van der Waals surface area contributed by atoms with Crippen molar-refractivity contribution in [1.82, 2.24) is 0 Å². The van der Waals surface area contributed by atoms with Crippen molar-refractivity contribution in [3.63, 3.8) is 0 Å². The molecule has 0 bridgehead atoms. The van der Waals surface area contributed by atoms with Gasteiger partial charge in [-0.15, -0.1) is 0 Å². The average Bonchev–Trinajstić information content (AvgIpc) is 2.11. The van der Waals surface area contributed by atoms with Crippen molar-refractivity contribution >= 4 is 0 Å². The van der Waals surface area contributed by atoms with Gasteiger partial charge < -0.3 is 9.47 Å². The van der Waals surface area contributed by atoms with Crippen molar-refractivity contribution in [2.45, 2.75) is 60.8 Å². The van der Waals surface area contributed by atoms with Crippen LogP contribution in [0.3, 0.4) is 0 Å². The third kappa shape index (κ3) is 15.9. The fourth-order valence-corrected chi connectivity index (χ4v) is 1.34. The summed E-state index contributed by atoms with van der Waals surface area (Å²) in [5.41, 5.74) is 0.575. The van der Waals surface area contributed by atoms with E-state index in [1.54, 1.807) is 0 Å². The number of hydrogen-bond acceptors (Lipinski definition) is 2. The molecule has 0 saturated heterocycles. The number of rotatable bonds is 8. The van der Waals surface area contributed by atoms with E-state index >= 15 is 0 Å². The van der Waals surface area contributed by atoms with Crippen molar-refractivity contribution in [2.75, 3.05) is 26.4 Å². The van der Waals surface area contributed by atoms with E-state index in [0.717, 1.165) is 39.3 Å².